The van der Waals surface area contributed by atoms with Crippen LogP contribution in [0.25, 0.3) is 0 Å². The third-order valence-corrected chi connectivity index (χ3v) is 3.10. The second-order valence-electron chi connectivity index (χ2n) is 4.48. The van der Waals surface area contributed by atoms with Gasteiger partial charge in [0.25, 0.3) is 0 Å². The van der Waals surface area contributed by atoms with E-state index < -0.39 is 11.9 Å². The molecule has 0 saturated heterocycles. The second kappa shape index (κ2) is 4.88. The number of carboxylic acids is 1. The van der Waals surface area contributed by atoms with E-state index >= 15 is 0 Å². The van der Waals surface area contributed by atoms with Crippen LogP contribution in [0.15, 0.2) is 18.3 Å². The minimum Gasteiger partial charge on any atom is -0.478 e. The van der Waals surface area contributed by atoms with Gasteiger partial charge in [-0.15, -0.1) is 0 Å². The lowest BCUT2D eigenvalue weighted by molar-refractivity contribution is -0.0361. The molecule has 1 aliphatic carbocycles. The average Bonchev–Trinajstić information content (AvgIpc) is 2.32. The van der Waals surface area contributed by atoms with Crippen LogP contribution in [0.5, 0.6) is 0 Å². The Balaban J connectivity index is 2.04. The lowest BCUT2D eigenvalue weighted by Crippen LogP contribution is -2.32. The molecule has 0 amide bonds. The monoisotopic (exact) mass is 256 g/mol. The highest BCUT2D eigenvalue weighted by Gasteiger charge is 2.35. The fourth-order valence-corrected chi connectivity index (χ4v) is 2.07. The first-order chi connectivity index (χ1) is 8.48. The van der Waals surface area contributed by atoms with Gasteiger partial charge in [0, 0.05) is 25.1 Å². The van der Waals surface area contributed by atoms with Crippen molar-refractivity contribution >= 4 is 11.8 Å². The second-order valence-corrected chi connectivity index (χ2v) is 4.48. The van der Waals surface area contributed by atoms with Gasteiger partial charge in [-0.25, -0.2) is 18.6 Å². The summed E-state index contributed by atoms with van der Waals surface area (Å²) in [5, 5.41) is 11.9. The molecule has 98 valence electrons. The van der Waals surface area contributed by atoms with Crippen molar-refractivity contribution in [3.63, 3.8) is 0 Å². The van der Waals surface area contributed by atoms with Crippen LogP contribution >= 0.6 is 0 Å². The summed E-state index contributed by atoms with van der Waals surface area (Å²) in [4.78, 5) is 14.9. The first kappa shape index (κ1) is 12.7. The number of aromatic carboxylic acids is 1. The number of alkyl halides is 2. The number of halogens is 2. The highest BCUT2D eigenvalue weighted by molar-refractivity contribution is 5.93. The molecule has 1 aliphatic rings. The number of nitrogens with zero attached hydrogens (tertiary/aromatic N) is 1. The van der Waals surface area contributed by atoms with E-state index in [2.05, 4.69) is 10.3 Å². The zero-order valence-corrected chi connectivity index (χ0v) is 9.70. The molecule has 0 unspecified atom stereocenters. The summed E-state index contributed by atoms with van der Waals surface area (Å²) < 4.78 is 26.0. The third kappa shape index (κ3) is 2.94. The number of carboxylic acid groups (broad SMARTS) is 1. The van der Waals surface area contributed by atoms with Gasteiger partial charge in [-0.05, 0) is 25.0 Å². The Hall–Kier alpha value is -1.72. The minimum atomic E-state index is -2.59. The maximum Gasteiger partial charge on any atom is 0.339 e. The van der Waals surface area contributed by atoms with Crippen molar-refractivity contribution in [3.05, 3.63) is 23.9 Å². The van der Waals surface area contributed by atoms with Gasteiger partial charge in [0.2, 0.25) is 5.92 Å². The van der Waals surface area contributed by atoms with Crippen molar-refractivity contribution in [2.24, 2.45) is 0 Å². The molecule has 1 aromatic rings. The Morgan fingerprint density at radius 3 is 2.72 bits per heavy atom. The molecular weight excluding hydrogens is 242 g/mol. The van der Waals surface area contributed by atoms with Gasteiger partial charge in [-0.1, -0.05) is 0 Å². The molecule has 1 saturated carbocycles. The average molecular weight is 256 g/mol. The summed E-state index contributed by atoms with van der Waals surface area (Å²) in [5.74, 6) is -3.41. The van der Waals surface area contributed by atoms with Gasteiger partial charge in [0.05, 0.1) is 0 Å². The van der Waals surface area contributed by atoms with Crippen molar-refractivity contribution in [1.82, 2.24) is 4.98 Å². The first-order valence-corrected chi connectivity index (χ1v) is 5.81. The largest absolute Gasteiger partial charge is 0.478 e. The van der Waals surface area contributed by atoms with Crippen LogP contribution in [-0.4, -0.2) is 28.0 Å². The molecule has 6 heteroatoms. The highest BCUT2D eigenvalue weighted by atomic mass is 19.3. The molecule has 0 radical (unpaired) electrons. The Morgan fingerprint density at radius 1 is 1.44 bits per heavy atom. The van der Waals surface area contributed by atoms with Gasteiger partial charge in [0.15, 0.2) is 0 Å². The molecule has 1 fully saturated rings. The molecule has 18 heavy (non-hydrogen) atoms. The standard InChI is InChI=1S/C12H14F2N2O2/c13-12(14)5-3-8(4-6-12)16-10-9(11(17)18)2-1-7-15-10/h1-2,7-8H,3-6H2,(H,15,16)(H,17,18). The smallest absolute Gasteiger partial charge is 0.339 e. The SMILES string of the molecule is O=C(O)c1cccnc1NC1CCC(F)(F)CC1. The summed E-state index contributed by atoms with van der Waals surface area (Å²) in [6.45, 7) is 0. The van der Waals surface area contributed by atoms with E-state index in [9.17, 15) is 13.6 Å². The van der Waals surface area contributed by atoms with Crippen molar-refractivity contribution in [2.45, 2.75) is 37.6 Å². The maximum absolute atomic E-state index is 13.0. The van der Waals surface area contributed by atoms with Gasteiger partial charge < -0.3 is 10.4 Å². The zero-order valence-electron chi connectivity index (χ0n) is 9.70. The molecule has 0 aliphatic heterocycles. The zero-order chi connectivity index (χ0) is 13.2. The number of pyridine rings is 1. The van der Waals surface area contributed by atoms with E-state index in [1.807, 2.05) is 0 Å². The summed E-state index contributed by atoms with van der Waals surface area (Å²) in [6.07, 6.45) is 1.79. The van der Waals surface area contributed by atoms with Crippen molar-refractivity contribution in [2.75, 3.05) is 5.32 Å². The summed E-state index contributed by atoms with van der Waals surface area (Å²) in [5.41, 5.74) is 0.0647. The van der Waals surface area contributed by atoms with E-state index in [-0.39, 0.29) is 30.3 Å². The van der Waals surface area contributed by atoms with E-state index in [1.165, 1.54) is 18.3 Å². The summed E-state index contributed by atoms with van der Waals surface area (Å²) in [6, 6.07) is 2.83. The normalized spacial score (nSPS) is 19.4. The van der Waals surface area contributed by atoms with Crippen molar-refractivity contribution in [1.29, 1.82) is 0 Å². The van der Waals surface area contributed by atoms with Crippen LogP contribution < -0.4 is 5.32 Å². The van der Waals surface area contributed by atoms with E-state index in [1.54, 1.807) is 0 Å². The van der Waals surface area contributed by atoms with Gasteiger partial charge in [-0.2, -0.15) is 0 Å². The van der Waals surface area contributed by atoms with Crippen LogP contribution in [0.1, 0.15) is 36.0 Å². The van der Waals surface area contributed by atoms with Crippen LogP contribution in [0.2, 0.25) is 0 Å². The van der Waals surface area contributed by atoms with Crippen LogP contribution in [-0.2, 0) is 0 Å². The number of aromatic nitrogens is 1. The fraction of sp³-hybridized carbons (Fsp3) is 0.500. The van der Waals surface area contributed by atoms with Crippen LogP contribution in [0.4, 0.5) is 14.6 Å². The Morgan fingerprint density at radius 2 is 2.11 bits per heavy atom. The number of hydrogen-bond acceptors (Lipinski definition) is 3. The Labute approximate surface area is 103 Å². The number of hydrogen-bond donors (Lipinski definition) is 2. The fourth-order valence-electron chi connectivity index (χ4n) is 2.07. The van der Waals surface area contributed by atoms with E-state index in [4.69, 9.17) is 5.11 Å². The molecule has 2 N–H and O–H groups in total. The topological polar surface area (TPSA) is 62.2 Å². The molecule has 0 aromatic carbocycles. The lowest BCUT2D eigenvalue weighted by atomic mass is 9.92. The minimum absolute atomic E-state index is 0.0647. The van der Waals surface area contributed by atoms with E-state index in [0.29, 0.717) is 12.8 Å². The van der Waals surface area contributed by atoms with Gasteiger partial charge >= 0.3 is 5.97 Å². The van der Waals surface area contributed by atoms with Crippen LogP contribution in [0.3, 0.4) is 0 Å². The van der Waals surface area contributed by atoms with Crippen molar-refractivity contribution < 1.29 is 18.7 Å². The Bertz CT molecular complexity index is 441. The molecule has 0 atom stereocenters. The molecule has 4 nitrogen and oxygen atoms in total. The number of rotatable bonds is 3. The quantitative estimate of drug-likeness (QED) is 0.872. The highest BCUT2D eigenvalue weighted by Crippen LogP contribution is 2.34. The number of nitrogens with one attached hydrogen (secondary N) is 1. The summed E-state index contributed by atoms with van der Waals surface area (Å²) in [7, 11) is 0. The van der Waals surface area contributed by atoms with Crippen molar-refractivity contribution in [3.8, 4) is 0 Å². The molecule has 1 heterocycles. The predicted molar refractivity (Wildman–Crippen MR) is 62.0 cm³/mol. The molecule has 1 aromatic heterocycles. The van der Waals surface area contributed by atoms with Gasteiger partial charge in [0.1, 0.15) is 11.4 Å². The molecular formula is C12H14F2N2O2. The molecule has 2 rings (SSSR count). The number of anilines is 1. The Kier molecular flexibility index (Phi) is 3.45. The maximum atomic E-state index is 13.0. The summed E-state index contributed by atoms with van der Waals surface area (Å²) >= 11 is 0. The van der Waals surface area contributed by atoms with Crippen LogP contribution in [0, 0.1) is 0 Å². The molecule has 0 bridgehead atoms. The van der Waals surface area contributed by atoms with E-state index in [0.717, 1.165) is 0 Å². The predicted octanol–water partition coefficient (Wildman–Crippen LogP) is 2.77. The molecule has 0 spiro atoms. The van der Waals surface area contributed by atoms with Gasteiger partial charge in [-0.3, -0.25) is 0 Å². The first-order valence-electron chi connectivity index (χ1n) is 5.81. The third-order valence-electron chi connectivity index (χ3n) is 3.10. The lowest BCUT2D eigenvalue weighted by Gasteiger charge is -2.29. The number of carbonyl (C=O) groups is 1.